The number of aromatic nitrogens is 1. The van der Waals surface area contributed by atoms with Gasteiger partial charge in [0.2, 0.25) is 0 Å². The van der Waals surface area contributed by atoms with E-state index in [4.69, 9.17) is 5.26 Å². The summed E-state index contributed by atoms with van der Waals surface area (Å²) in [4.78, 5) is 3.97. The molecule has 0 aliphatic rings. The first-order valence-corrected chi connectivity index (χ1v) is 5.58. The van der Waals surface area contributed by atoms with Crippen LogP contribution in [0.25, 0.3) is 11.3 Å². The maximum Gasteiger partial charge on any atom is 0.417 e. The van der Waals surface area contributed by atoms with Crippen molar-refractivity contribution < 1.29 is 17.6 Å². The highest BCUT2D eigenvalue weighted by Crippen LogP contribution is 2.35. The van der Waals surface area contributed by atoms with Crippen LogP contribution in [-0.4, -0.2) is 4.98 Å². The number of hydrogen-bond donors (Lipinski definition) is 0. The molecule has 0 N–H and O–H groups in total. The molecule has 102 valence electrons. The van der Waals surface area contributed by atoms with Gasteiger partial charge in [-0.2, -0.15) is 18.4 Å². The largest absolute Gasteiger partial charge is 0.417 e. The van der Waals surface area contributed by atoms with E-state index in [1.165, 1.54) is 25.1 Å². The normalized spacial score (nSPS) is 11.2. The van der Waals surface area contributed by atoms with Crippen LogP contribution < -0.4 is 0 Å². The van der Waals surface area contributed by atoms with E-state index >= 15 is 0 Å². The number of nitrogens with zero attached hydrogens (tertiary/aromatic N) is 2. The van der Waals surface area contributed by atoms with Crippen LogP contribution in [0.5, 0.6) is 0 Å². The van der Waals surface area contributed by atoms with Gasteiger partial charge in [0.05, 0.1) is 22.5 Å². The first kappa shape index (κ1) is 14.0. The number of hydrogen-bond acceptors (Lipinski definition) is 2. The molecule has 0 saturated carbocycles. The minimum atomic E-state index is -4.65. The first-order valence-electron chi connectivity index (χ1n) is 5.58. The average Bonchev–Trinajstić information content (AvgIpc) is 2.37. The van der Waals surface area contributed by atoms with E-state index in [1.54, 1.807) is 0 Å². The zero-order valence-corrected chi connectivity index (χ0v) is 10.3. The summed E-state index contributed by atoms with van der Waals surface area (Å²) < 4.78 is 51.6. The molecule has 1 aromatic heterocycles. The Morgan fingerprint density at radius 2 is 1.75 bits per heavy atom. The fraction of sp³-hybridized carbons (Fsp3) is 0.143. The van der Waals surface area contributed by atoms with Crippen LogP contribution in [-0.2, 0) is 6.18 Å². The molecule has 0 aliphatic heterocycles. The van der Waals surface area contributed by atoms with Gasteiger partial charge in [0, 0.05) is 5.56 Å². The van der Waals surface area contributed by atoms with Gasteiger partial charge in [-0.1, -0.05) is 0 Å². The van der Waals surface area contributed by atoms with E-state index in [1.807, 2.05) is 0 Å². The summed E-state index contributed by atoms with van der Waals surface area (Å²) in [5.74, 6) is -0.491. The van der Waals surface area contributed by atoms with Gasteiger partial charge in [0.1, 0.15) is 11.9 Å². The smallest absolute Gasteiger partial charge is 0.252 e. The van der Waals surface area contributed by atoms with Gasteiger partial charge in [-0.25, -0.2) is 4.39 Å². The third-order valence-corrected chi connectivity index (χ3v) is 2.76. The summed E-state index contributed by atoms with van der Waals surface area (Å²) in [5.41, 5.74) is -1.14. The van der Waals surface area contributed by atoms with Crippen LogP contribution in [0.4, 0.5) is 17.6 Å². The van der Waals surface area contributed by atoms with Crippen LogP contribution in [0.2, 0.25) is 0 Å². The fourth-order valence-corrected chi connectivity index (χ4v) is 1.81. The lowest BCUT2D eigenvalue weighted by molar-refractivity contribution is -0.137. The molecule has 0 saturated heterocycles. The highest BCUT2D eigenvalue weighted by Gasteiger charge is 2.35. The maximum absolute atomic E-state index is 12.9. The third-order valence-electron chi connectivity index (χ3n) is 2.76. The Kier molecular flexibility index (Phi) is 3.45. The lowest BCUT2D eigenvalue weighted by Crippen LogP contribution is -2.10. The molecule has 0 atom stereocenters. The van der Waals surface area contributed by atoms with Crippen LogP contribution in [0.3, 0.4) is 0 Å². The van der Waals surface area contributed by atoms with Crippen molar-refractivity contribution in [3.05, 3.63) is 53.0 Å². The lowest BCUT2D eigenvalue weighted by atomic mass is 10.0. The van der Waals surface area contributed by atoms with Crippen molar-refractivity contribution in [1.82, 2.24) is 4.98 Å². The van der Waals surface area contributed by atoms with Crippen molar-refractivity contribution in [2.24, 2.45) is 0 Å². The highest BCUT2D eigenvalue weighted by molar-refractivity contribution is 5.62. The summed E-state index contributed by atoms with van der Waals surface area (Å²) in [7, 11) is 0. The Hall–Kier alpha value is -2.42. The molecular formula is C14H8F4N2. The number of nitriles is 1. The molecule has 1 aromatic carbocycles. The Balaban J connectivity index is 2.66. The molecule has 20 heavy (non-hydrogen) atoms. The van der Waals surface area contributed by atoms with E-state index in [2.05, 4.69) is 4.98 Å². The summed E-state index contributed by atoms with van der Waals surface area (Å²) >= 11 is 0. The molecule has 0 radical (unpaired) electrons. The molecule has 0 bridgehead atoms. The number of rotatable bonds is 1. The van der Waals surface area contributed by atoms with Crippen LogP contribution >= 0.6 is 0 Å². The number of halogens is 4. The summed E-state index contributed by atoms with van der Waals surface area (Å²) in [6.45, 7) is 1.33. The van der Waals surface area contributed by atoms with Gasteiger partial charge in [0.25, 0.3) is 0 Å². The second-order valence-corrected chi connectivity index (χ2v) is 4.13. The molecule has 2 rings (SSSR count). The number of benzene rings is 1. The van der Waals surface area contributed by atoms with E-state index in [0.29, 0.717) is 5.56 Å². The average molecular weight is 280 g/mol. The van der Waals surface area contributed by atoms with Crippen molar-refractivity contribution in [2.45, 2.75) is 13.1 Å². The minimum Gasteiger partial charge on any atom is -0.252 e. The topological polar surface area (TPSA) is 36.7 Å². The Morgan fingerprint density at radius 3 is 2.25 bits per heavy atom. The summed E-state index contributed by atoms with van der Waals surface area (Å²) in [5, 5.41) is 8.82. The molecule has 0 amide bonds. The Labute approximate surface area is 112 Å². The molecule has 0 unspecified atom stereocenters. The highest BCUT2D eigenvalue weighted by atomic mass is 19.4. The molecule has 2 nitrogen and oxygen atoms in total. The molecule has 1 heterocycles. The second-order valence-electron chi connectivity index (χ2n) is 4.13. The molecule has 2 aromatic rings. The molecular weight excluding hydrogens is 272 g/mol. The Bertz CT molecular complexity index is 682. The van der Waals surface area contributed by atoms with Crippen molar-refractivity contribution in [2.75, 3.05) is 0 Å². The van der Waals surface area contributed by atoms with E-state index in [0.717, 1.165) is 18.2 Å². The van der Waals surface area contributed by atoms with E-state index in [-0.39, 0.29) is 11.4 Å². The number of alkyl halides is 3. The van der Waals surface area contributed by atoms with Gasteiger partial charge < -0.3 is 0 Å². The van der Waals surface area contributed by atoms with Crippen molar-refractivity contribution in [3.63, 3.8) is 0 Å². The lowest BCUT2D eigenvalue weighted by Gasteiger charge is -2.12. The Morgan fingerprint density at radius 1 is 1.15 bits per heavy atom. The van der Waals surface area contributed by atoms with Gasteiger partial charge in [-0.15, -0.1) is 0 Å². The van der Waals surface area contributed by atoms with Crippen LogP contribution in [0.1, 0.15) is 16.8 Å². The number of pyridine rings is 1. The van der Waals surface area contributed by atoms with E-state index in [9.17, 15) is 17.6 Å². The molecule has 0 aliphatic carbocycles. The summed E-state index contributed by atoms with van der Waals surface area (Å²) in [6, 6.07) is 7.27. The van der Waals surface area contributed by atoms with Crippen molar-refractivity contribution >= 4 is 0 Å². The van der Waals surface area contributed by atoms with Crippen molar-refractivity contribution in [3.8, 4) is 17.3 Å². The first-order chi connectivity index (χ1) is 9.32. The van der Waals surface area contributed by atoms with Gasteiger partial charge in [-0.05, 0) is 37.3 Å². The predicted octanol–water partition coefficient (Wildman–Crippen LogP) is 4.09. The number of aryl methyl sites for hydroxylation is 1. The quantitative estimate of drug-likeness (QED) is 0.738. The van der Waals surface area contributed by atoms with Crippen LogP contribution in [0, 0.1) is 24.1 Å². The molecule has 0 fully saturated rings. The van der Waals surface area contributed by atoms with Gasteiger partial charge >= 0.3 is 6.18 Å². The van der Waals surface area contributed by atoms with Gasteiger partial charge in [0.15, 0.2) is 0 Å². The van der Waals surface area contributed by atoms with E-state index < -0.39 is 23.1 Å². The molecule has 6 heteroatoms. The standard InChI is InChI=1S/C14H8F4N2/c1-8-11(7-19)12(14(16,17)18)6-13(20-8)9-2-4-10(15)5-3-9/h2-6H,1H3. The molecule has 0 spiro atoms. The monoisotopic (exact) mass is 280 g/mol. The fourth-order valence-electron chi connectivity index (χ4n) is 1.81. The predicted molar refractivity (Wildman–Crippen MR) is 64.1 cm³/mol. The third kappa shape index (κ3) is 2.62. The second kappa shape index (κ2) is 4.93. The zero-order valence-electron chi connectivity index (χ0n) is 10.3. The zero-order chi connectivity index (χ0) is 14.9. The SMILES string of the molecule is Cc1nc(-c2ccc(F)cc2)cc(C(F)(F)F)c1C#N. The maximum atomic E-state index is 12.9. The summed E-state index contributed by atoms with van der Waals surface area (Å²) in [6.07, 6.45) is -4.65. The minimum absolute atomic E-state index is 0.0124. The van der Waals surface area contributed by atoms with Gasteiger partial charge in [-0.3, -0.25) is 4.98 Å². The van der Waals surface area contributed by atoms with Crippen LogP contribution in [0.15, 0.2) is 30.3 Å². The van der Waals surface area contributed by atoms with Crippen molar-refractivity contribution in [1.29, 1.82) is 5.26 Å².